The van der Waals surface area contributed by atoms with Crippen LogP contribution in [0.15, 0.2) is 24.3 Å². The van der Waals surface area contributed by atoms with E-state index in [1.807, 2.05) is 12.1 Å². The zero-order chi connectivity index (χ0) is 16.0. The Kier molecular flexibility index (Phi) is 4.93. The van der Waals surface area contributed by atoms with E-state index < -0.39 is 6.10 Å². The second-order valence-corrected chi connectivity index (χ2v) is 6.75. The van der Waals surface area contributed by atoms with Crippen molar-refractivity contribution in [2.75, 3.05) is 26.7 Å². The summed E-state index contributed by atoms with van der Waals surface area (Å²) in [5.74, 6) is 1.65. The van der Waals surface area contributed by atoms with Gasteiger partial charge >= 0.3 is 0 Å². The summed E-state index contributed by atoms with van der Waals surface area (Å²) in [6, 6.07) is 4.14. The number of halogens is 1. The maximum Gasteiger partial charge on any atom is 0.166 e. The van der Waals surface area contributed by atoms with Gasteiger partial charge in [-0.1, -0.05) is 18.2 Å². The lowest BCUT2D eigenvalue weighted by Gasteiger charge is -2.35. The van der Waals surface area contributed by atoms with Gasteiger partial charge in [0.25, 0.3) is 0 Å². The first-order chi connectivity index (χ1) is 11.2. The van der Waals surface area contributed by atoms with E-state index in [1.165, 1.54) is 11.1 Å². The molecule has 4 rings (SSSR count). The van der Waals surface area contributed by atoms with Gasteiger partial charge in [0, 0.05) is 31.6 Å². The van der Waals surface area contributed by atoms with Crippen LogP contribution in [0.1, 0.15) is 24.0 Å². The van der Waals surface area contributed by atoms with Crippen molar-refractivity contribution in [3.8, 4) is 11.5 Å². The molecule has 3 N–H and O–H groups in total. The third kappa shape index (κ3) is 2.56. The minimum atomic E-state index is -0.433. The number of nitrogens with zero attached hydrogens (tertiary/aromatic N) is 1. The Morgan fingerprint density at radius 3 is 3.04 bits per heavy atom. The van der Waals surface area contributed by atoms with Gasteiger partial charge < -0.3 is 37.3 Å². The van der Waals surface area contributed by atoms with Crippen LogP contribution in [0.4, 0.5) is 0 Å². The van der Waals surface area contributed by atoms with Gasteiger partial charge in [0.15, 0.2) is 11.5 Å². The van der Waals surface area contributed by atoms with E-state index in [0.29, 0.717) is 13.0 Å². The smallest absolute Gasteiger partial charge is 0.166 e. The third-order valence-corrected chi connectivity index (χ3v) is 5.48. The molecule has 0 amide bonds. The highest BCUT2D eigenvalue weighted by Gasteiger charge is 2.52. The Morgan fingerprint density at radius 2 is 2.29 bits per heavy atom. The average Bonchev–Trinajstić information content (AvgIpc) is 2.79. The Hall–Kier alpha value is -1.08. The maximum absolute atomic E-state index is 10.0. The molecule has 5 nitrogen and oxygen atoms in total. The second kappa shape index (κ2) is 6.67. The van der Waals surface area contributed by atoms with Crippen molar-refractivity contribution < 1.29 is 31.6 Å². The molecule has 0 bridgehead atoms. The van der Waals surface area contributed by atoms with E-state index in [1.54, 1.807) is 7.11 Å². The number of ether oxygens (including phenoxy) is 2. The van der Waals surface area contributed by atoms with Crippen molar-refractivity contribution >= 4 is 0 Å². The minimum Gasteiger partial charge on any atom is -1.00 e. The SMILES string of the molecule is COc1ccc2c3c1OC1CC(O)C=CC31CCN(CCN)C2.[Br-]. The van der Waals surface area contributed by atoms with E-state index in [2.05, 4.69) is 17.0 Å². The summed E-state index contributed by atoms with van der Waals surface area (Å²) in [5.41, 5.74) is 8.16. The maximum atomic E-state index is 10.0. The Morgan fingerprint density at radius 1 is 1.46 bits per heavy atom. The quantitative estimate of drug-likeness (QED) is 0.590. The molecule has 3 unspecified atom stereocenters. The van der Waals surface area contributed by atoms with Crippen molar-refractivity contribution in [2.45, 2.75) is 37.0 Å². The fourth-order valence-electron chi connectivity index (χ4n) is 4.37. The fraction of sp³-hybridized carbons (Fsp3) is 0.556. The molecule has 1 aliphatic carbocycles. The molecule has 1 aromatic carbocycles. The normalized spacial score (nSPS) is 30.6. The summed E-state index contributed by atoms with van der Waals surface area (Å²) in [6.07, 6.45) is 5.25. The van der Waals surface area contributed by atoms with Crippen molar-refractivity contribution in [2.24, 2.45) is 5.73 Å². The highest BCUT2D eigenvalue weighted by molar-refractivity contribution is 5.60. The van der Waals surface area contributed by atoms with Gasteiger partial charge in [-0.05, 0) is 24.6 Å². The minimum absolute atomic E-state index is 0. The summed E-state index contributed by atoms with van der Waals surface area (Å²) in [7, 11) is 1.68. The highest BCUT2D eigenvalue weighted by Crippen LogP contribution is 2.55. The van der Waals surface area contributed by atoms with E-state index >= 15 is 0 Å². The number of hydrogen-bond donors (Lipinski definition) is 2. The highest BCUT2D eigenvalue weighted by atomic mass is 79.9. The fourth-order valence-corrected chi connectivity index (χ4v) is 4.37. The number of aliphatic hydroxyl groups is 1. The number of nitrogens with two attached hydrogens (primary N) is 1. The number of methoxy groups -OCH3 is 1. The third-order valence-electron chi connectivity index (χ3n) is 5.48. The predicted octanol–water partition coefficient (Wildman–Crippen LogP) is -1.82. The molecule has 24 heavy (non-hydrogen) atoms. The summed E-state index contributed by atoms with van der Waals surface area (Å²) < 4.78 is 11.8. The molecule has 132 valence electrons. The molecule has 0 aromatic heterocycles. The lowest BCUT2D eigenvalue weighted by molar-refractivity contribution is -0.00000900. The van der Waals surface area contributed by atoms with Gasteiger partial charge in [0.05, 0.1) is 18.6 Å². The van der Waals surface area contributed by atoms with Crippen molar-refractivity contribution in [3.05, 3.63) is 35.4 Å². The summed E-state index contributed by atoms with van der Waals surface area (Å²) >= 11 is 0. The molecule has 1 aromatic rings. The zero-order valence-electron chi connectivity index (χ0n) is 13.9. The first kappa shape index (κ1) is 17.7. The van der Waals surface area contributed by atoms with Gasteiger partial charge in [-0.25, -0.2) is 0 Å². The zero-order valence-corrected chi connectivity index (χ0v) is 15.5. The van der Waals surface area contributed by atoms with E-state index in [-0.39, 0.29) is 28.5 Å². The van der Waals surface area contributed by atoms with E-state index in [0.717, 1.165) is 37.6 Å². The van der Waals surface area contributed by atoms with Gasteiger partial charge in [0.1, 0.15) is 6.10 Å². The Labute approximate surface area is 153 Å². The molecule has 3 atom stereocenters. The van der Waals surface area contributed by atoms with Crippen LogP contribution in [-0.4, -0.2) is 49.0 Å². The van der Waals surface area contributed by atoms with Crippen LogP contribution >= 0.6 is 0 Å². The molecule has 0 saturated carbocycles. The molecule has 1 spiro atoms. The summed E-state index contributed by atoms with van der Waals surface area (Å²) in [6.45, 7) is 3.43. The van der Waals surface area contributed by atoms with E-state index in [9.17, 15) is 5.11 Å². The predicted molar refractivity (Wildman–Crippen MR) is 87.8 cm³/mol. The molecular formula is C18H24BrN2O3-. The van der Waals surface area contributed by atoms with Crippen LogP contribution in [0.2, 0.25) is 0 Å². The first-order valence-corrected chi connectivity index (χ1v) is 8.35. The molecule has 2 aliphatic heterocycles. The molecule has 0 fully saturated rings. The van der Waals surface area contributed by atoms with Crippen molar-refractivity contribution in [3.63, 3.8) is 0 Å². The average molecular weight is 396 g/mol. The van der Waals surface area contributed by atoms with Gasteiger partial charge in [-0.15, -0.1) is 0 Å². The largest absolute Gasteiger partial charge is 1.00 e. The van der Waals surface area contributed by atoms with Crippen LogP contribution in [0.25, 0.3) is 0 Å². The van der Waals surface area contributed by atoms with Gasteiger partial charge in [-0.3, -0.25) is 4.90 Å². The number of benzene rings is 1. The molecule has 3 aliphatic rings. The Balaban J connectivity index is 0.00000169. The summed E-state index contributed by atoms with van der Waals surface area (Å²) in [4.78, 5) is 2.41. The Bertz CT molecular complexity index is 651. The number of aliphatic hydroxyl groups excluding tert-OH is 1. The van der Waals surface area contributed by atoms with Crippen molar-refractivity contribution in [1.82, 2.24) is 4.90 Å². The standard InChI is InChI=1S/C18H24N2O3.BrH/c1-22-14-3-2-12-11-20(9-7-19)8-6-18-5-4-13(21)10-15(18)23-17(14)16(12)18;/h2-5,13,15,21H,6-11,19H2,1H3;1H/p-1. The van der Waals surface area contributed by atoms with Crippen LogP contribution in [0, 0.1) is 0 Å². The van der Waals surface area contributed by atoms with Crippen molar-refractivity contribution in [1.29, 1.82) is 0 Å². The first-order valence-electron chi connectivity index (χ1n) is 8.35. The van der Waals surface area contributed by atoms with Crippen LogP contribution in [0.3, 0.4) is 0 Å². The number of rotatable bonds is 3. The lowest BCUT2D eigenvalue weighted by atomic mass is 9.69. The monoisotopic (exact) mass is 395 g/mol. The molecular weight excluding hydrogens is 372 g/mol. The van der Waals surface area contributed by atoms with E-state index in [4.69, 9.17) is 15.2 Å². The van der Waals surface area contributed by atoms with Crippen LogP contribution in [-0.2, 0) is 12.0 Å². The lowest BCUT2D eigenvalue weighted by Crippen LogP contribution is -3.00. The molecule has 2 heterocycles. The topological polar surface area (TPSA) is 68.0 Å². The van der Waals surface area contributed by atoms with Gasteiger partial charge in [-0.2, -0.15) is 0 Å². The van der Waals surface area contributed by atoms with Crippen LogP contribution < -0.4 is 32.2 Å². The molecule has 0 saturated heterocycles. The summed E-state index contributed by atoms with van der Waals surface area (Å²) in [5, 5.41) is 10.0. The van der Waals surface area contributed by atoms with Crippen LogP contribution in [0.5, 0.6) is 11.5 Å². The molecule has 6 heteroatoms. The molecule has 0 radical (unpaired) electrons. The number of hydrogen-bond acceptors (Lipinski definition) is 5. The second-order valence-electron chi connectivity index (χ2n) is 6.75. The van der Waals surface area contributed by atoms with Gasteiger partial charge in [0.2, 0.25) is 0 Å².